The lowest BCUT2D eigenvalue weighted by molar-refractivity contribution is 0.0445. The number of rotatable bonds is 6. The zero-order valence-electron chi connectivity index (χ0n) is 13.1. The molecule has 2 heteroatoms. The van der Waals surface area contributed by atoms with Crippen molar-refractivity contribution < 1.29 is 0 Å². The number of hydrogen-bond donors (Lipinski definition) is 1. The van der Waals surface area contributed by atoms with Gasteiger partial charge in [-0.05, 0) is 49.9 Å². The van der Waals surface area contributed by atoms with Crippen molar-refractivity contribution in [2.75, 3.05) is 13.1 Å². The molecule has 3 atom stereocenters. The molecule has 1 heterocycles. The SMILES string of the molecule is CCC(C)C1CN(C(C2CC2)C2CC2)C(CC)CN1. The standard InChI is InChI=1S/C17H32N2/c1-4-12(3)16-11-19(15(5-2)10-18-16)17(13-6-7-13)14-8-9-14/h12-18H,4-11H2,1-3H3. The molecule has 1 N–H and O–H groups in total. The van der Waals surface area contributed by atoms with E-state index in [-0.39, 0.29) is 0 Å². The van der Waals surface area contributed by atoms with Gasteiger partial charge in [0.05, 0.1) is 0 Å². The minimum atomic E-state index is 0.729. The average molecular weight is 264 g/mol. The second kappa shape index (κ2) is 5.73. The van der Waals surface area contributed by atoms with Crippen LogP contribution in [0.25, 0.3) is 0 Å². The van der Waals surface area contributed by atoms with Crippen molar-refractivity contribution in [2.45, 2.75) is 77.4 Å². The highest BCUT2D eigenvalue weighted by Gasteiger charge is 2.47. The van der Waals surface area contributed by atoms with Crippen molar-refractivity contribution in [2.24, 2.45) is 17.8 Å². The Hall–Kier alpha value is -0.0800. The van der Waals surface area contributed by atoms with Crippen LogP contribution in [0.15, 0.2) is 0 Å². The molecule has 0 radical (unpaired) electrons. The molecule has 3 fully saturated rings. The monoisotopic (exact) mass is 264 g/mol. The molecule has 2 aliphatic carbocycles. The van der Waals surface area contributed by atoms with Gasteiger partial charge in [0, 0.05) is 31.2 Å². The van der Waals surface area contributed by atoms with E-state index in [2.05, 4.69) is 31.0 Å². The molecule has 0 aromatic carbocycles. The maximum Gasteiger partial charge on any atom is 0.0221 e. The Morgan fingerprint density at radius 3 is 2.21 bits per heavy atom. The van der Waals surface area contributed by atoms with E-state index in [0.29, 0.717) is 0 Å². The number of hydrogen-bond acceptors (Lipinski definition) is 2. The first-order chi connectivity index (χ1) is 9.24. The first kappa shape index (κ1) is 13.9. The van der Waals surface area contributed by atoms with Crippen molar-refractivity contribution in [3.63, 3.8) is 0 Å². The van der Waals surface area contributed by atoms with Gasteiger partial charge in [-0.15, -0.1) is 0 Å². The predicted molar refractivity (Wildman–Crippen MR) is 81.3 cm³/mol. The van der Waals surface area contributed by atoms with Crippen LogP contribution in [0.2, 0.25) is 0 Å². The highest BCUT2D eigenvalue weighted by Crippen LogP contribution is 2.48. The van der Waals surface area contributed by atoms with Gasteiger partial charge in [0.2, 0.25) is 0 Å². The van der Waals surface area contributed by atoms with E-state index in [9.17, 15) is 0 Å². The van der Waals surface area contributed by atoms with Crippen LogP contribution in [0.4, 0.5) is 0 Å². The van der Waals surface area contributed by atoms with E-state index in [0.717, 1.165) is 35.9 Å². The first-order valence-corrected chi connectivity index (χ1v) is 8.73. The van der Waals surface area contributed by atoms with Crippen molar-refractivity contribution in [1.29, 1.82) is 0 Å². The van der Waals surface area contributed by atoms with Crippen molar-refractivity contribution in [3.8, 4) is 0 Å². The van der Waals surface area contributed by atoms with E-state index in [1.165, 1.54) is 51.6 Å². The minimum absolute atomic E-state index is 0.729. The van der Waals surface area contributed by atoms with Crippen molar-refractivity contribution >= 4 is 0 Å². The van der Waals surface area contributed by atoms with Gasteiger partial charge in [-0.1, -0.05) is 27.2 Å². The molecule has 1 aliphatic heterocycles. The summed E-state index contributed by atoms with van der Waals surface area (Å²) >= 11 is 0. The average Bonchev–Trinajstić information content (AvgIpc) is 3.31. The Morgan fingerprint density at radius 2 is 1.74 bits per heavy atom. The summed E-state index contributed by atoms with van der Waals surface area (Å²) in [5, 5.41) is 3.83. The lowest BCUT2D eigenvalue weighted by Gasteiger charge is -2.46. The van der Waals surface area contributed by atoms with E-state index < -0.39 is 0 Å². The second-order valence-electron chi connectivity index (χ2n) is 7.32. The first-order valence-electron chi connectivity index (χ1n) is 8.73. The highest BCUT2D eigenvalue weighted by atomic mass is 15.3. The molecule has 3 aliphatic rings. The Morgan fingerprint density at radius 1 is 1.11 bits per heavy atom. The number of nitrogens with zero attached hydrogens (tertiary/aromatic N) is 1. The van der Waals surface area contributed by atoms with Crippen LogP contribution in [-0.4, -0.2) is 36.1 Å². The molecule has 0 aromatic rings. The van der Waals surface area contributed by atoms with Crippen molar-refractivity contribution in [1.82, 2.24) is 10.2 Å². The Balaban J connectivity index is 1.70. The fourth-order valence-electron chi connectivity index (χ4n) is 4.06. The zero-order chi connectivity index (χ0) is 13.4. The fourth-order valence-corrected chi connectivity index (χ4v) is 4.06. The second-order valence-corrected chi connectivity index (χ2v) is 7.32. The van der Waals surface area contributed by atoms with Crippen LogP contribution < -0.4 is 5.32 Å². The highest BCUT2D eigenvalue weighted by molar-refractivity contribution is 5.02. The van der Waals surface area contributed by atoms with E-state index in [1.807, 2.05) is 0 Å². The molecule has 0 amide bonds. The molecule has 2 nitrogen and oxygen atoms in total. The molecule has 0 aromatic heterocycles. The lowest BCUT2D eigenvalue weighted by Crippen LogP contribution is -2.61. The van der Waals surface area contributed by atoms with Crippen LogP contribution in [0.3, 0.4) is 0 Å². The zero-order valence-corrected chi connectivity index (χ0v) is 13.1. The van der Waals surface area contributed by atoms with Gasteiger partial charge in [0.1, 0.15) is 0 Å². The largest absolute Gasteiger partial charge is 0.311 e. The summed E-state index contributed by atoms with van der Waals surface area (Å²) < 4.78 is 0. The third-order valence-electron chi connectivity index (χ3n) is 5.89. The molecule has 110 valence electrons. The van der Waals surface area contributed by atoms with Crippen LogP contribution in [0.5, 0.6) is 0 Å². The summed E-state index contributed by atoms with van der Waals surface area (Å²) in [6.07, 6.45) is 8.66. The topological polar surface area (TPSA) is 15.3 Å². The van der Waals surface area contributed by atoms with E-state index in [1.54, 1.807) is 0 Å². The Bertz CT molecular complexity index is 284. The quantitative estimate of drug-likeness (QED) is 0.792. The molecule has 3 unspecified atom stereocenters. The lowest BCUT2D eigenvalue weighted by atomic mass is 9.92. The van der Waals surface area contributed by atoms with Crippen LogP contribution in [0, 0.1) is 17.8 Å². The molecule has 3 rings (SSSR count). The summed E-state index contributed by atoms with van der Waals surface area (Å²) in [6.45, 7) is 9.67. The predicted octanol–water partition coefficient (Wildman–Crippen LogP) is 3.27. The summed E-state index contributed by atoms with van der Waals surface area (Å²) in [6, 6.07) is 2.47. The third kappa shape index (κ3) is 3.00. The Kier molecular flexibility index (Phi) is 4.19. The van der Waals surface area contributed by atoms with Crippen molar-refractivity contribution in [3.05, 3.63) is 0 Å². The smallest absolute Gasteiger partial charge is 0.0221 e. The maximum absolute atomic E-state index is 3.83. The van der Waals surface area contributed by atoms with Gasteiger partial charge in [0.25, 0.3) is 0 Å². The molecule has 0 bridgehead atoms. The molecule has 0 spiro atoms. The molecule has 1 saturated heterocycles. The van der Waals surface area contributed by atoms with Gasteiger partial charge in [-0.2, -0.15) is 0 Å². The summed E-state index contributed by atoms with van der Waals surface area (Å²) in [7, 11) is 0. The van der Waals surface area contributed by atoms with Crippen LogP contribution >= 0.6 is 0 Å². The molecular formula is C17H32N2. The molecule has 19 heavy (non-hydrogen) atoms. The number of nitrogens with one attached hydrogen (secondary N) is 1. The van der Waals surface area contributed by atoms with Gasteiger partial charge in [-0.25, -0.2) is 0 Å². The van der Waals surface area contributed by atoms with E-state index in [4.69, 9.17) is 0 Å². The van der Waals surface area contributed by atoms with Gasteiger partial charge in [0.15, 0.2) is 0 Å². The van der Waals surface area contributed by atoms with Gasteiger partial charge in [-0.3, -0.25) is 4.90 Å². The normalized spacial score (nSPS) is 34.7. The van der Waals surface area contributed by atoms with Crippen LogP contribution in [0.1, 0.15) is 59.3 Å². The van der Waals surface area contributed by atoms with Crippen LogP contribution in [-0.2, 0) is 0 Å². The summed E-state index contributed by atoms with van der Waals surface area (Å²) in [4.78, 5) is 2.95. The number of piperazine rings is 1. The molecular weight excluding hydrogens is 232 g/mol. The fraction of sp³-hybridized carbons (Fsp3) is 1.00. The summed E-state index contributed by atoms with van der Waals surface area (Å²) in [5.41, 5.74) is 0. The van der Waals surface area contributed by atoms with Gasteiger partial charge < -0.3 is 5.32 Å². The molecule has 2 saturated carbocycles. The Labute approximate surface area is 119 Å². The van der Waals surface area contributed by atoms with E-state index >= 15 is 0 Å². The third-order valence-corrected chi connectivity index (χ3v) is 5.89. The summed E-state index contributed by atoms with van der Waals surface area (Å²) in [5.74, 6) is 2.92. The van der Waals surface area contributed by atoms with Gasteiger partial charge >= 0.3 is 0 Å². The minimum Gasteiger partial charge on any atom is -0.311 e. The maximum atomic E-state index is 3.83.